The Hall–Kier alpha value is -5.50. The first-order valence-electron chi connectivity index (χ1n) is 24.9. The number of aromatic hydroxyl groups is 1. The van der Waals surface area contributed by atoms with E-state index in [-0.39, 0.29) is 54.3 Å². The Morgan fingerprint density at radius 1 is 1.00 bits per heavy atom. The lowest BCUT2D eigenvalue weighted by atomic mass is 9.84. The standard InChI is InChI=1S/C55H73N7O6/c1-9-49(64)60-30-35(3)41(33-60)32-59(8)50(37-16-11-12-17-37)52(65)56-47-26-36-24-40(27-42(63)25-36)38-21-22-48-44(28-38)45(51(61(48)10-2)43-19-14-13-18-39(43)31-58(6)7)29-55(4,5)34-68-54(67)46-20-15-23-62(57-46)53(47)66/h9,13-14,18-19,21-22,24-25,27-28,35,37,41,46-47,50,57,63H,1,10-12,15-17,20,23,26,29-34H2,2-8H3,(H,56,65)/t35-,41+,46-,47-,50-/m0/s1. The normalized spacial score (nSPS) is 23.0. The van der Waals surface area contributed by atoms with Crippen LogP contribution in [0.15, 0.2) is 73.3 Å². The maximum atomic E-state index is 15.0. The zero-order valence-corrected chi connectivity index (χ0v) is 41.4. The molecule has 364 valence electrons. The van der Waals surface area contributed by atoms with E-state index in [1.54, 1.807) is 12.1 Å². The van der Waals surface area contributed by atoms with Gasteiger partial charge in [-0.3, -0.25) is 29.1 Å². The average molecular weight is 928 g/mol. The van der Waals surface area contributed by atoms with Crippen molar-refractivity contribution in [3.8, 4) is 28.1 Å². The molecule has 68 heavy (non-hydrogen) atoms. The Bertz CT molecular complexity index is 2520. The first-order valence-corrected chi connectivity index (χ1v) is 24.9. The fraction of sp³-hybridized carbons (Fsp3) is 0.527. The highest BCUT2D eigenvalue weighted by Crippen LogP contribution is 2.42. The van der Waals surface area contributed by atoms with E-state index in [1.165, 1.54) is 22.2 Å². The predicted molar refractivity (Wildman–Crippen MR) is 267 cm³/mol. The Kier molecular flexibility index (Phi) is 14.8. The van der Waals surface area contributed by atoms with Crippen LogP contribution in [0.1, 0.15) is 82.9 Å². The summed E-state index contributed by atoms with van der Waals surface area (Å²) in [7, 11) is 6.16. The Balaban J connectivity index is 1.19. The van der Waals surface area contributed by atoms with Crippen molar-refractivity contribution < 1.29 is 29.0 Å². The molecule has 0 radical (unpaired) electrons. The summed E-state index contributed by atoms with van der Waals surface area (Å²) < 4.78 is 8.58. The van der Waals surface area contributed by atoms with Gasteiger partial charge in [0.25, 0.3) is 5.91 Å². The number of esters is 1. The summed E-state index contributed by atoms with van der Waals surface area (Å²) in [6.07, 6.45) is 7.05. The van der Waals surface area contributed by atoms with Crippen molar-refractivity contribution in [2.75, 3.05) is 53.9 Å². The van der Waals surface area contributed by atoms with Crippen LogP contribution < -0.4 is 10.7 Å². The van der Waals surface area contributed by atoms with Gasteiger partial charge in [0.05, 0.1) is 18.3 Å². The van der Waals surface area contributed by atoms with E-state index in [2.05, 4.69) is 116 Å². The lowest BCUT2D eigenvalue weighted by Gasteiger charge is -2.37. The maximum Gasteiger partial charge on any atom is 0.324 e. The van der Waals surface area contributed by atoms with E-state index < -0.39 is 29.5 Å². The number of cyclic esters (lactones) is 1. The molecule has 5 atom stereocenters. The van der Waals surface area contributed by atoms with Gasteiger partial charge in [-0.1, -0.05) is 76.6 Å². The van der Waals surface area contributed by atoms with Gasteiger partial charge in [0.1, 0.15) is 17.8 Å². The van der Waals surface area contributed by atoms with Gasteiger partial charge in [0.15, 0.2) is 0 Å². The van der Waals surface area contributed by atoms with Gasteiger partial charge in [0, 0.05) is 67.6 Å². The molecule has 3 N–H and O–H groups in total. The second-order valence-electron chi connectivity index (χ2n) is 21.2. The molecule has 1 aromatic heterocycles. The molecule has 4 aliphatic rings. The summed E-state index contributed by atoms with van der Waals surface area (Å²) >= 11 is 0. The van der Waals surface area contributed by atoms with Crippen LogP contribution in [0, 0.1) is 23.2 Å². The maximum absolute atomic E-state index is 15.0. The molecule has 3 aromatic carbocycles. The first-order chi connectivity index (χ1) is 32.5. The molecular formula is C55H73N7O6. The molecular weight excluding hydrogens is 855 g/mol. The summed E-state index contributed by atoms with van der Waals surface area (Å²) in [5, 5.41) is 17.3. The molecule has 1 aliphatic carbocycles. The molecule has 4 heterocycles. The molecule has 4 aromatic rings. The molecule has 6 bridgehead atoms. The van der Waals surface area contributed by atoms with E-state index in [0.29, 0.717) is 51.0 Å². The lowest BCUT2D eigenvalue weighted by Crippen LogP contribution is -2.62. The van der Waals surface area contributed by atoms with Crippen molar-refractivity contribution in [2.45, 2.75) is 110 Å². The quantitative estimate of drug-likeness (QED) is 0.106. The van der Waals surface area contributed by atoms with Crippen molar-refractivity contribution in [1.29, 1.82) is 0 Å². The number of nitrogens with one attached hydrogen (secondary N) is 2. The zero-order valence-electron chi connectivity index (χ0n) is 41.4. The van der Waals surface area contributed by atoms with Crippen LogP contribution in [0.5, 0.6) is 5.75 Å². The number of fused-ring (bicyclic) bond motifs is 6. The third-order valence-corrected chi connectivity index (χ3v) is 15.0. The monoisotopic (exact) mass is 928 g/mol. The number of ether oxygens (including phenoxy) is 1. The van der Waals surface area contributed by atoms with Crippen LogP contribution in [-0.2, 0) is 49.8 Å². The van der Waals surface area contributed by atoms with E-state index in [4.69, 9.17) is 4.74 Å². The number of nitrogens with zero attached hydrogens (tertiary/aromatic N) is 5. The number of hydrogen-bond acceptors (Lipinski definition) is 9. The number of amides is 3. The fourth-order valence-electron chi connectivity index (χ4n) is 11.6. The zero-order chi connectivity index (χ0) is 48.4. The Labute approximate surface area is 402 Å². The van der Waals surface area contributed by atoms with Crippen LogP contribution in [0.4, 0.5) is 0 Å². The van der Waals surface area contributed by atoms with Crippen molar-refractivity contribution in [2.24, 2.45) is 23.2 Å². The third-order valence-electron chi connectivity index (χ3n) is 15.0. The Morgan fingerprint density at radius 2 is 1.76 bits per heavy atom. The molecule has 1 saturated carbocycles. The number of hydrogen-bond donors (Lipinski definition) is 3. The molecule has 3 fully saturated rings. The van der Waals surface area contributed by atoms with E-state index in [1.807, 2.05) is 18.0 Å². The van der Waals surface area contributed by atoms with Crippen molar-refractivity contribution in [1.82, 2.24) is 35.0 Å². The van der Waals surface area contributed by atoms with Gasteiger partial charge >= 0.3 is 5.97 Å². The number of hydrazine groups is 1. The SMILES string of the molecule is C=CC(=O)N1C[C@@H](CN(C)[C@H](C(=O)N[C@H]2Cc3cc(O)cc(c3)-c3ccc4c(c3)c(c(-c3ccccc3CN(C)C)n4CC)CC(C)(C)COC(=O)[C@@H]3CCCN(N3)C2=O)C2CCCC2)[C@@H](C)C1. The fourth-order valence-corrected chi connectivity index (χ4v) is 11.6. The minimum atomic E-state index is -1.02. The van der Waals surface area contributed by atoms with Crippen LogP contribution in [0.3, 0.4) is 0 Å². The van der Waals surface area contributed by atoms with E-state index in [9.17, 15) is 24.3 Å². The minimum Gasteiger partial charge on any atom is -0.508 e. The molecule has 13 heteroatoms. The number of likely N-dealkylation sites (tertiary alicyclic amines) is 1. The van der Waals surface area contributed by atoms with Gasteiger partial charge in [-0.2, -0.15) is 0 Å². The van der Waals surface area contributed by atoms with Gasteiger partial charge < -0.3 is 29.5 Å². The number of carbonyl (C=O) groups excluding carboxylic acids is 4. The number of aromatic nitrogens is 1. The topological polar surface area (TPSA) is 140 Å². The average Bonchev–Trinajstić information content (AvgIpc) is 4.05. The molecule has 0 unspecified atom stereocenters. The van der Waals surface area contributed by atoms with E-state index >= 15 is 0 Å². The number of carbonyl (C=O) groups is 4. The molecule has 2 saturated heterocycles. The Morgan fingerprint density at radius 3 is 2.50 bits per heavy atom. The number of likely N-dealkylation sites (N-methyl/N-ethyl adjacent to an activating group) is 1. The van der Waals surface area contributed by atoms with Gasteiger partial charge in [-0.15, -0.1) is 0 Å². The smallest absolute Gasteiger partial charge is 0.324 e. The van der Waals surface area contributed by atoms with Crippen molar-refractivity contribution in [3.63, 3.8) is 0 Å². The second kappa shape index (κ2) is 20.6. The molecule has 3 amide bonds. The third kappa shape index (κ3) is 10.5. The van der Waals surface area contributed by atoms with Crippen molar-refractivity contribution in [3.05, 3.63) is 90.0 Å². The van der Waals surface area contributed by atoms with Crippen molar-refractivity contribution >= 4 is 34.6 Å². The van der Waals surface area contributed by atoms with Crippen LogP contribution in [-0.4, -0.2) is 125 Å². The number of phenols is 1. The number of benzene rings is 3. The number of aryl methyl sites for hydroxylation is 1. The summed E-state index contributed by atoms with van der Waals surface area (Å²) in [5.41, 5.74) is 10.9. The predicted octanol–water partition coefficient (Wildman–Crippen LogP) is 7.18. The summed E-state index contributed by atoms with van der Waals surface area (Å²) in [6.45, 7) is 16.2. The largest absolute Gasteiger partial charge is 0.508 e. The highest BCUT2D eigenvalue weighted by atomic mass is 16.5. The first kappa shape index (κ1) is 48.9. The highest BCUT2D eigenvalue weighted by Gasteiger charge is 2.41. The molecule has 0 spiro atoms. The van der Waals surface area contributed by atoms with Crippen LogP contribution >= 0.6 is 0 Å². The van der Waals surface area contributed by atoms with Gasteiger partial charge in [0.2, 0.25) is 11.8 Å². The van der Waals surface area contributed by atoms with Gasteiger partial charge in [-0.05, 0) is 136 Å². The lowest BCUT2D eigenvalue weighted by molar-refractivity contribution is -0.155. The van der Waals surface area contributed by atoms with Crippen LogP contribution in [0.2, 0.25) is 0 Å². The van der Waals surface area contributed by atoms with Gasteiger partial charge in [-0.25, -0.2) is 5.43 Å². The summed E-state index contributed by atoms with van der Waals surface area (Å²) in [4.78, 5) is 62.6. The molecule has 13 nitrogen and oxygen atoms in total. The molecule has 8 rings (SSSR count). The molecule has 3 aliphatic heterocycles. The summed E-state index contributed by atoms with van der Waals surface area (Å²) in [6, 6.07) is 18.3. The summed E-state index contributed by atoms with van der Waals surface area (Å²) in [5.74, 6) is -0.484. The van der Waals surface area contributed by atoms with E-state index in [0.717, 1.165) is 72.1 Å². The number of rotatable bonds is 11. The minimum absolute atomic E-state index is 0.0625. The van der Waals surface area contributed by atoms with Crippen LogP contribution in [0.25, 0.3) is 33.3 Å². The number of phenolic OH excluding ortho intramolecular Hbond substituents is 1. The second-order valence-corrected chi connectivity index (χ2v) is 21.2. The highest BCUT2D eigenvalue weighted by molar-refractivity contribution is 5.96.